The van der Waals surface area contributed by atoms with E-state index in [1.807, 2.05) is 6.92 Å². The van der Waals surface area contributed by atoms with Crippen molar-refractivity contribution in [3.05, 3.63) is 17.5 Å². The highest BCUT2D eigenvalue weighted by Crippen LogP contribution is 2.03. The fourth-order valence-electron chi connectivity index (χ4n) is 0.844. The minimum atomic E-state index is -0.115. The number of amides is 1. The van der Waals surface area contributed by atoms with Crippen molar-refractivity contribution < 1.29 is 9.32 Å². The minimum absolute atomic E-state index is 0.115. The Morgan fingerprint density at radius 1 is 1.75 bits per heavy atom. The fraction of sp³-hybridized carbons (Fsp3) is 0.500. The van der Waals surface area contributed by atoms with E-state index in [0.29, 0.717) is 17.8 Å². The molecule has 1 N–H and O–H groups in total. The highest BCUT2D eigenvalue weighted by molar-refractivity contribution is 5.94. The molecule has 1 heterocycles. The largest absolute Gasteiger partial charge is 0.364 e. The molecule has 1 aromatic rings. The first-order chi connectivity index (χ1) is 5.75. The van der Waals surface area contributed by atoms with Gasteiger partial charge in [0.15, 0.2) is 0 Å². The van der Waals surface area contributed by atoms with Crippen molar-refractivity contribution in [1.29, 1.82) is 0 Å². The molecule has 0 bridgehead atoms. The maximum atomic E-state index is 11.3. The van der Waals surface area contributed by atoms with Crippen LogP contribution < -0.4 is 5.32 Å². The van der Waals surface area contributed by atoms with E-state index in [2.05, 4.69) is 15.0 Å². The summed E-state index contributed by atoms with van der Waals surface area (Å²) < 4.78 is 4.64. The van der Waals surface area contributed by atoms with E-state index < -0.39 is 0 Å². The van der Waals surface area contributed by atoms with Gasteiger partial charge in [0.05, 0.1) is 5.69 Å². The number of carbonyl (C=O) groups excluding carboxylic acids is 1. The van der Waals surface area contributed by atoms with Gasteiger partial charge in [-0.05, 0) is 13.3 Å². The van der Waals surface area contributed by atoms with E-state index in [1.165, 1.54) is 6.26 Å². The summed E-state index contributed by atoms with van der Waals surface area (Å²) in [7, 11) is 0. The third-order valence-corrected chi connectivity index (χ3v) is 1.53. The van der Waals surface area contributed by atoms with E-state index in [0.717, 1.165) is 6.42 Å². The van der Waals surface area contributed by atoms with Crippen molar-refractivity contribution in [2.24, 2.45) is 0 Å². The van der Waals surface area contributed by atoms with Crippen LogP contribution >= 0.6 is 0 Å². The zero-order valence-corrected chi connectivity index (χ0v) is 7.26. The average molecular weight is 168 g/mol. The standard InChI is InChI=1S/C8H12N2O2/c1-3-4-9-8(11)7-5-12-10-6(7)2/h5H,3-4H2,1-2H3,(H,9,11). The third-order valence-electron chi connectivity index (χ3n) is 1.53. The Kier molecular flexibility index (Phi) is 2.85. The van der Waals surface area contributed by atoms with Gasteiger partial charge < -0.3 is 9.84 Å². The summed E-state index contributed by atoms with van der Waals surface area (Å²) in [6, 6.07) is 0. The second-order valence-corrected chi connectivity index (χ2v) is 2.57. The molecular weight excluding hydrogens is 156 g/mol. The van der Waals surface area contributed by atoms with Crippen LogP contribution in [0.5, 0.6) is 0 Å². The van der Waals surface area contributed by atoms with Crippen LogP contribution in [0, 0.1) is 6.92 Å². The van der Waals surface area contributed by atoms with Crippen LogP contribution in [0.2, 0.25) is 0 Å². The molecule has 12 heavy (non-hydrogen) atoms. The van der Waals surface area contributed by atoms with Crippen LogP contribution in [0.1, 0.15) is 29.4 Å². The third kappa shape index (κ3) is 1.84. The van der Waals surface area contributed by atoms with Gasteiger partial charge >= 0.3 is 0 Å². The summed E-state index contributed by atoms with van der Waals surface area (Å²) in [6.07, 6.45) is 2.29. The Morgan fingerprint density at radius 3 is 3.00 bits per heavy atom. The maximum absolute atomic E-state index is 11.3. The lowest BCUT2D eigenvalue weighted by atomic mass is 10.2. The predicted octanol–water partition coefficient (Wildman–Crippen LogP) is 1.12. The number of aromatic nitrogens is 1. The van der Waals surface area contributed by atoms with E-state index >= 15 is 0 Å². The highest BCUT2D eigenvalue weighted by Gasteiger charge is 2.10. The van der Waals surface area contributed by atoms with Gasteiger partial charge in [0, 0.05) is 6.54 Å². The van der Waals surface area contributed by atoms with E-state index in [-0.39, 0.29) is 5.91 Å². The van der Waals surface area contributed by atoms with Crippen molar-refractivity contribution in [3.8, 4) is 0 Å². The summed E-state index contributed by atoms with van der Waals surface area (Å²) in [5.41, 5.74) is 1.15. The quantitative estimate of drug-likeness (QED) is 0.735. The molecule has 0 saturated carbocycles. The van der Waals surface area contributed by atoms with E-state index in [1.54, 1.807) is 6.92 Å². The van der Waals surface area contributed by atoms with Gasteiger partial charge in [-0.25, -0.2) is 0 Å². The van der Waals surface area contributed by atoms with Crippen molar-refractivity contribution in [2.75, 3.05) is 6.54 Å². The van der Waals surface area contributed by atoms with Crippen molar-refractivity contribution in [3.63, 3.8) is 0 Å². The number of carbonyl (C=O) groups is 1. The first-order valence-electron chi connectivity index (χ1n) is 3.95. The van der Waals surface area contributed by atoms with E-state index in [9.17, 15) is 4.79 Å². The molecule has 0 fully saturated rings. The number of rotatable bonds is 3. The SMILES string of the molecule is CCCNC(=O)c1conc1C. The molecule has 1 amide bonds. The Labute approximate surface area is 70.9 Å². The Bertz CT molecular complexity index is 268. The van der Waals surface area contributed by atoms with Crippen LogP contribution in [-0.2, 0) is 0 Å². The number of aryl methyl sites for hydroxylation is 1. The molecule has 0 aromatic carbocycles. The molecule has 1 rings (SSSR count). The van der Waals surface area contributed by atoms with Gasteiger partial charge in [0.25, 0.3) is 5.91 Å². The molecule has 0 atom stereocenters. The highest BCUT2D eigenvalue weighted by atomic mass is 16.5. The fourth-order valence-corrected chi connectivity index (χ4v) is 0.844. The number of nitrogens with zero attached hydrogens (tertiary/aromatic N) is 1. The number of hydrogen-bond acceptors (Lipinski definition) is 3. The molecule has 4 heteroatoms. The summed E-state index contributed by atoms with van der Waals surface area (Å²) in [5, 5.41) is 6.35. The summed E-state index contributed by atoms with van der Waals surface area (Å²) in [5.74, 6) is -0.115. The lowest BCUT2D eigenvalue weighted by Crippen LogP contribution is -2.24. The second kappa shape index (κ2) is 3.90. The molecule has 0 unspecified atom stereocenters. The van der Waals surface area contributed by atoms with E-state index in [4.69, 9.17) is 0 Å². The Hall–Kier alpha value is -1.32. The summed E-state index contributed by atoms with van der Waals surface area (Å²) in [6.45, 7) is 4.43. The molecule has 1 aromatic heterocycles. The molecular formula is C8H12N2O2. The number of nitrogens with one attached hydrogen (secondary N) is 1. The zero-order chi connectivity index (χ0) is 8.97. The van der Waals surface area contributed by atoms with Gasteiger partial charge in [0.1, 0.15) is 11.8 Å². The zero-order valence-electron chi connectivity index (χ0n) is 7.26. The molecule has 0 spiro atoms. The van der Waals surface area contributed by atoms with Crippen LogP contribution in [0.25, 0.3) is 0 Å². The van der Waals surface area contributed by atoms with Gasteiger partial charge in [0.2, 0.25) is 0 Å². The van der Waals surface area contributed by atoms with Gasteiger partial charge in [-0.3, -0.25) is 4.79 Å². The van der Waals surface area contributed by atoms with Gasteiger partial charge in [-0.2, -0.15) is 0 Å². The predicted molar refractivity (Wildman–Crippen MR) is 43.9 cm³/mol. The number of hydrogen-bond donors (Lipinski definition) is 1. The average Bonchev–Trinajstić information content (AvgIpc) is 2.47. The summed E-state index contributed by atoms with van der Waals surface area (Å²) >= 11 is 0. The van der Waals surface area contributed by atoms with Crippen LogP contribution in [-0.4, -0.2) is 17.6 Å². The molecule has 0 radical (unpaired) electrons. The Balaban J connectivity index is 2.59. The van der Waals surface area contributed by atoms with Crippen molar-refractivity contribution >= 4 is 5.91 Å². The monoisotopic (exact) mass is 168 g/mol. The molecule has 0 aliphatic carbocycles. The molecule has 4 nitrogen and oxygen atoms in total. The molecule has 0 aliphatic heterocycles. The van der Waals surface area contributed by atoms with Crippen LogP contribution in [0.15, 0.2) is 10.8 Å². The molecule has 0 aliphatic rings. The molecule has 66 valence electrons. The van der Waals surface area contributed by atoms with Crippen molar-refractivity contribution in [1.82, 2.24) is 10.5 Å². The van der Waals surface area contributed by atoms with Crippen molar-refractivity contribution in [2.45, 2.75) is 20.3 Å². The first-order valence-corrected chi connectivity index (χ1v) is 3.95. The van der Waals surface area contributed by atoms with Gasteiger partial charge in [-0.1, -0.05) is 12.1 Å². The second-order valence-electron chi connectivity index (χ2n) is 2.57. The smallest absolute Gasteiger partial charge is 0.256 e. The maximum Gasteiger partial charge on any atom is 0.256 e. The summed E-state index contributed by atoms with van der Waals surface area (Å²) in [4.78, 5) is 11.3. The molecule has 0 saturated heterocycles. The van der Waals surface area contributed by atoms with Crippen LogP contribution in [0.4, 0.5) is 0 Å². The lowest BCUT2D eigenvalue weighted by molar-refractivity contribution is 0.0952. The lowest BCUT2D eigenvalue weighted by Gasteiger charge is -1.99. The first kappa shape index (κ1) is 8.77. The van der Waals surface area contributed by atoms with Gasteiger partial charge in [-0.15, -0.1) is 0 Å². The van der Waals surface area contributed by atoms with Crippen LogP contribution in [0.3, 0.4) is 0 Å². The Morgan fingerprint density at radius 2 is 2.50 bits per heavy atom. The topological polar surface area (TPSA) is 55.1 Å². The normalized spacial score (nSPS) is 9.83. The minimum Gasteiger partial charge on any atom is -0.364 e.